The lowest BCUT2D eigenvalue weighted by molar-refractivity contribution is 0.976. The number of hydrogen-bond acceptors (Lipinski definition) is 6. The lowest BCUT2D eigenvalue weighted by Gasteiger charge is -2.05. The van der Waals surface area contributed by atoms with Crippen molar-refractivity contribution < 1.29 is 0 Å². The smallest absolute Gasteiger partial charge is 0.174 e. The molecule has 0 aliphatic heterocycles. The zero-order chi connectivity index (χ0) is 12.8. The van der Waals surface area contributed by atoms with Crippen molar-refractivity contribution in [2.75, 3.05) is 11.9 Å². The van der Waals surface area contributed by atoms with Crippen LogP contribution < -0.4 is 5.32 Å². The highest BCUT2D eigenvalue weighted by molar-refractivity contribution is 8.00. The molecule has 0 aliphatic carbocycles. The van der Waals surface area contributed by atoms with Crippen molar-refractivity contribution in [3.05, 3.63) is 29.0 Å². The van der Waals surface area contributed by atoms with E-state index in [0.29, 0.717) is 0 Å². The number of nitrogens with zero attached hydrogens (tertiary/aromatic N) is 3. The zero-order valence-electron chi connectivity index (χ0n) is 10.5. The maximum absolute atomic E-state index is 4.36. The third-order valence-electron chi connectivity index (χ3n) is 2.25. The molecule has 0 aliphatic rings. The van der Waals surface area contributed by atoms with Gasteiger partial charge >= 0.3 is 0 Å². The van der Waals surface area contributed by atoms with Crippen LogP contribution in [0.4, 0.5) is 5.69 Å². The molecule has 18 heavy (non-hydrogen) atoms. The fourth-order valence-electron chi connectivity index (χ4n) is 1.41. The Hall–Kier alpha value is -1.14. The van der Waals surface area contributed by atoms with Gasteiger partial charge in [0.25, 0.3) is 0 Å². The molecular formula is C12H16N4S2. The summed E-state index contributed by atoms with van der Waals surface area (Å²) in [6.07, 6.45) is 2.97. The molecule has 0 fully saturated rings. The summed E-state index contributed by atoms with van der Waals surface area (Å²) in [7, 11) is 0. The summed E-state index contributed by atoms with van der Waals surface area (Å²) in [6.45, 7) is 5.12. The van der Waals surface area contributed by atoms with E-state index in [1.165, 1.54) is 0 Å². The summed E-state index contributed by atoms with van der Waals surface area (Å²) in [5.41, 5.74) is 2.20. The fourth-order valence-corrected chi connectivity index (χ4v) is 3.13. The van der Waals surface area contributed by atoms with Gasteiger partial charge in [0, 0.05) is 24.2 Å². The summed E-state index contributed by atoms with van der Waals surface area (Å²) in [5.74, 6) is 0.830. The summed E-state index contributed by atoms with van der Waals surface area (Å²) < 4.78 is 1.00. The third-order valence-corrected chi connectivity index (χ3v) is 4.25. The largest absolute Gasteiger partial charge is 0.385 e. The predicted molar refractivity (Wildman–Crippen MR) is 77.2 cm³/mol. The number of nitrogens with one attached hydrogen (secondary N) is 1. The summed E-state index contributed by atoms with van der Waals surface area (Å²) in [5, 5.41) is 12.5. The van der Waals surface area contributed by atoms with Gasteiger partial charge in [0.15, 0.2) is 4.34 Å². The highest BCUT2D eigenvalue weighted by atomic mass is 32.2. The van der Waals surface area contributed by atoms with Gasteiger partial charge in [-0.15, -0.1) is 10.2 Å². The Labute approximate surface area is 115 Å². The molecule has 0 saturated heterocycles. The SMILES string of the molecule is CCCNc1ccnc(CSc2nnc(C)s2)c1. The Kier molecular flexibility index (Phi) is 4.95. The van der Waals surface area contributed by atoms with Crippen molar-refractivity contribution in [2.45, 2.75) is 30.4 Å². The lowest BCUT2D eigenvalue weighted by Crippen LogP contribution is -2.00. The van der Waals surface area contributed by atoms with E-state index < -0.39 is 0 Å². The molecule has 2 aromatic heterocycles. The number of aromatic nitrogens is 3. The van der Waals surface area contributed by atoms with Crippen LogP contribution in [0.15, 0.2) is 22.7 Å². The van der Waals surface area contributed by atoms with Crippen molar-refractivity contribution in [2.24, 2.45) is 0 Å². The lowest BCUT2D eigenvalue weighted by atomic mass is 10.3. The number of thioether (sulfide) groups is 1. The van der Waals surface area contributed by atoms with Gasteiger partial charge in [-0.2, -0.15) is 0 Å². The van der Waals surface area contributed by atoms with Crippen molar-refractivity contribution in [1.82, 2.24) is 15.2 Å². The molecule has 96 valence electrons. The molecule has 0 radical (unpaired) electrons. The minimum atomic E-state index is 0.830. The number of hydrogen-bond donors (Lipinski definition) is 1. The first-order chi connectivity index (χ1) is 8.78. The summed E-state index contributed by atoms with van der Waals surface area (Å²) in [4.78, 5) is 4.36. The van der Waals surface area contributed by atoms with E-state index in [-0.39, 0.29) is 0 Å². The Bertz CT molecular complexity index is 498. The van der Waals surface area contributed by atoms with E-state index in [9.17, 15) is 0 Å². The van der Waals surface area contributed by atoms with E-state index in [2.05, 4.69) is 33.5 Å². The molecule has 0 amide bonds. The van der Waals surface area contributed by atoms with Crippen LogP contribution in [0.2, 0.25) is 0 Å². The number of rotatable bonds is 6. The van der Waals surface area contributed by atoms with Gasteiger partial charge in [-0.25, -0.2) is 0 Å². The molecular weight excluding hydrogens is 264 g/mol. The highest BCUT2D eigenvalue weighted by Crippen LogP contribution is 2.25. The van der Waals surface area contributed by atoms with Crippen LogP contribution in [-0.4, -0.2) is 21.7 Å². The standard InChI is InChI=1S/C12H16N4S2/c1-3-5-13-10-4-6-14-11(7-10)8-17-12-16-15-9(2)18-12/h4,6-7H,3,5,8H2,1-2H3,(H,13,14). The Morgan fingerprint density at radius 3 is 3.00 bits per heavy atom. The number of pyridine rings is 1. The Balaban J connectivity index is 1.92. The van der Waals surface area contributed by atoms with E-state index >= 15 is 0 Å². The second kappa shape index (κ2) is 6.70. The van der Waals surface area contributed by atoms with Crippen LogP contribution >= 0.6 is 23.1 Å². The minimum absolute atomic E-state index is 0.830. The summed E-state index contributed by atoms with van der Waals surface area (Å²) in [6, 6.07) is 4.09. The van der Waals surface area contributed by atoms with E-state index in [0.717, 1.165) is 39.4 Å². The molecule has 0 aromatic carbocycles. The van der Waals surface area contributed by atoms with Crippen molar-refractivity contribution in [1.29, 1.82) is 0 Å². The van der Waals surface area contributed by atoms with Gasteiger partial charge in [-0.05, 0) is 25.5 Å². The van der Waals surface area contributed by atoms with E-state index in [4.69, 9.17) is 0 Å². The van der Waals surface area contributed by atoms with Gasteiger partial charge in [-0.3, -0.25) is 4.98 Å². The van der Waals surface area contributed by atoms with Crippen LogP contribution in [0.1, 0.15) is 24.0 Å². The van der Waals surface area contributed by atoms with Crippen LogP contribution in [0, 0.1) is 6.92 Å². The third kappa shape index (κ3) is 3.96. The van der Waals surface area contributed by atoms with Crippen molar-refractivity contribution in [3.63, 3.8) is 0 Å². The van der Waals surface area contributed by atoms with E-state index in [1.54, 1.807) is 23.1 Å². The molecule has 0 spiro atoms. The molecule has 0 atom stereocenters. The molecule has 2 aromatic rings. The van der Waals surface area contributed by atoms with Crippen LogP contribution in [0.5, 0.6) is 0 Å². The van der Waals surface area contributed by atoms with Crippen molar-refractivity contribution in [3.8, 4) is 0 Å². The van der Waals surface area contributed by atoms with Gasteiger partial charge in [0.05, 0.1) is 5.69 Å². The van der Waals surface area contributed by atoms with Crippen molar-refractivity contribution >= 4 is 28.8 Å². The van der Waals surface area contributed by atoms with E-state index in [1.807, 2.05) is 19.2 Å². The number of anilines is 1. The van der Waals surface area contributed by atoms with Crippen LogP contribution in [0.25, 0.3) is 0 Å². The Morgan fingerprint density at radius 1 is 1.39 bits per heavy atom. The second-order valence-electron chi connectivity index (χ2n) is 3.84. The highest BCUT2D eigenvalue weighted by Gasteiger charge is 2.03. The average Bonchev–Trinajstić information content (AvgIpc) is 2.80. The molecule has 1 N–H and O–H groups in total. The first kappa shape index (κ1) is 13.3. The molecule has 2 rings (SSSR count). The average molecular weight is 280 g/mol. The number of aryl methyl sites for hydroxylation is 1. The maximum Gasteiger partial charge on any atom is 0.174 e. The molecule has 2 heterocycles. The first-order valence-corrected chi connectivity index (χ1v) is 7.70. The second-order valence-corrected chi connectivity index (χ2v) is 6.24. The Morgan fingerprint density at radius 2 is 2.28 bits per heavy atom. The molecule has 0 bridgehead atoms. The molecule has 6 heteroatoms. The first-order valence-electron chi connectivity index (χ1n) is 5.89. The van der Waals surface area contributed by atoms with Gasteiger partial charge in [0.1, 0.15) is 5.01 Å². The van der Waals surface area contributed by atoms with Crippen LogP contribution in [-0.2, 0) is 5.75 Å². The van der Waals surface area contributed by atoms with Gasteiger partial charge in [0.2, 0.25) is 0 Å². The molecule has 0 unspecified atom stereocenters. The van der Waals surface area contributed by atoms with Gasteiger partial charge < -0.3 is 5.32 Å². The fraction of sp³-hybridized carbons (Fsp3) is 0.417. The quantitative estimate of drug-likeness (QED) is 0.822. The monoisotopic (exact) mass is 280 g/mol. The zero-order valence-corrected chi connectivity index (χ0v) is 12.1. The van der Waals surface area contributed by atoms with Gasteiger partial charge in [-0.1, -0.05) is 30.0 Å². The normalized spacial score (nSPS) is 10.6. The molecule has 0 saturated carbocycles. The predicted octanol–water partition coefficient (Wildman–Crippen LogP) is 3.36. The topological polar surface area (TPSA) is 50.7 Å². The van der Waals surface area contributed by atoms with Crippen LogP contribution in [0.3, 0.4) is 0 Å². The summed E-state index contributed by atoms with van der Waals surface area (Å²) >= 11 is 3.30. The minimum Gasteiger partial charge on any atom is -0.385 e. The maximum atomic E-state index is 4.36. The molecule has 4 nitrogen and oxygen atoms in total.